The summed E-state index contributed by atoms with van der Waals surface area (Å²) < 4.78 is 0. The van der Waals surface area contributed by atoms with Crippen molar-refractivity contribution in [2.45, 2.75) is 51.1 Å². The molecule has 0 aromatic carbocycles. The Morgan fingerprint density at radius 3 is 2.90 bits per heavy atom. The van der Waals surface area contributed by atoms with E-state index in [1.165, 1.54) is 19.4 Å². The zero-order valence-corrected chi connectivity index (χ0v) is 12.1. The number of carboxylic acids is 1. The number of carbonyl (C=O) groups is 2. The van der Waals surface area contributed by atoms with Crippen molar-refractivity contribution in [3.63, 3.8) is 0 Å². The van der Waals surface area contributed by atoms with Gasteiger partial charge in [-0.1, -0.05) is 6.92 Å². The molecule has 0 saturated carbocycles. The molecule has 0 spiro atoms. The van der Waals surface area contributed by atoms with Crippen molar-refractivity contribution >= 4 is 12.0 Å². The van der Waals surface area contributed by atoms with Gasteiger partial charge in [0.25, 0.3) is 0 Å². The molecule has 0 aromatic rings. The fourth-order valence-electron chi connectivity index (χ4n) is 3.12. The van der Waals surface area contributed by atoms with Crippen molar-refractivity contribution < 1.29 is 14.7 Å². The molecule has 2 fully saturated rings. The molecular formula is C14H25N3O3. The van der Waals surface area contributed by atoms with Crippen LogP contribution < -0.4 is 10.6 Å². The van der Waals surface area contributed by atoms with Crippen LogP contribution in [0.5, 0.6) is 0 Å². The van der Waals surface area contributed by atoms with Crippen molar-refractivity contribution in [3.05, 3.63) is 0 Å². The van der Waals surface area contributed by atoms with Crippen molar-refractivity contribution in [2.24, 2.45) is 5.92 Å². The third-order valence-corrected chi connectivity index (χ3v) is 4.44. The highest BCUT2D eigenvalue weighted by Gasteiger charge is 2.32. The maximum absolute atomic E-state index is 11.8. The summed E-state index contributed by atoms with van der Waals surface area (Å²) in [7, 11) is 0. The van der Waals surface area contributed by atoms with Gasteiger partial charge in [-0.3, -0.25) is 4.79 Å². The van der Waals surface area contributed by atoms with E-state index in [4.69, 9.17) is 5.11 Å². The van der Waals surface area contributed by atoms with E-state index in [-0.39, 0.29) is 12.1 Å². The minimum absolute atomic E-state index is 0.168. The minimum Gasteiger partial charge on any atom is -0.481 e. The van der Waals surface area contributed by atoms with E-state index >= 15 is 0 Å². The lowest BCUT2D eigenvalue weighted by Crippen LogP contribution is -2.50. The summed E-state index contributed by atoms with van der Waals surface area (Å²) in [5.74, 6) is -1.24. The Morgan fingerprint density at radius 1 is 1.35 bits per heavy atom. The molecule has 2 aliphatic heterocycles. The monoisotopic (exact) mass is 283 g/mol. The van der Waals surface area contributed by atoms with Crippen LogP contribution in [0, 0.1) is 5.92 Å². The molecule has 0 bridgehead atoms. The molecular weight excluding hydrogens is 258 g/mol. The first kappa shape index (κ1) is 15.1. The lowest BCUT2D eigenvalue weighted by atomic mass is 9.98. The third-order valence-electron chi connectivity index (χ3n) is 4.44. The van der Waals surface area contributed by atoms with Crippen LogP contribution in [-0.4, -0.2) is 53.7 Å². The molecule has 2 saturated heterocycles. The maximum Gasteiger partial charge on any atom is 0.315 e. The number of rotatable bonds is 5. The molecule has 3 N–H and O–H groups in total. The van der Waals surface area contributed by atoms with E-state index in [1.54, 1.807) is 6.92 Å². The quantitative estimate of drug-likeness (QED) is 0.703. The lowest BCUT2D eigenvalue weighted by molar-refractivity contribution is -0.141. The number of nitrogens with zero attached hydrogens (tertiary/aromatic N) is 1. The zero-order valence-electron chi connectivity index (χ0n) is 12.1. The number of aliphatic carboxylic acids is 1. The Bertz CT molecular complexity index is 362. The van der Waals surface area contributed by atoms with Crippen LogP contribution in [0.4, 0.5) is 4.79 Å². The topological polar surface area (TPSA) is 81.7 Å². The van der Waals surface area contributed by atoms with Crippen molar-refractivity contribution in [2.75, 3.05) is 19.6 Å². The molecule has 3 unspecified atom stereocenters. The largest absolute Gasteiger partial charge is 0.481 e. The summed E-state index contributed by atoms with van der Waals surface area (Å²) in [5.41, 5.74) is 0. The molecule has 6 heteroatoms. The van der Waals surface area contributed by atoms with Gasteiger partial charge in [-0.05, 0) is 38.6 Å². The first-order chi connectivity index (χ1) is 9.56. The average molecular weight is 283 g/mol. The number of fused-ring (bicyclic) bond motifs is 1. The fourth-order valence-corrected chi connectivity index (χ4v) is 3.12. The van der Waals surface area contributed by atoms with Gasteiger partial charge in [0, 0.05) is 25.2 Å². The second-order valence-electron chi connectivity index (χ2n) is 5.98. The van der Waals surface area contributed by atoms with Crippen LogP contribution in [0.2, 0.25) is 0 Å². The molecule has 2 rings (SSSR count). The van der Waals surface area contributed by atoms with Gasteiger partial charge in [-0.25, -0.2) is 4.79 Å². The summed E-state index contributed by atoms with van der Waals surface area (Å²) in [6, 6.07) is 0.728. The van der Waals surface area contributed by atoms with E-state index in [0.717, 1.165) is 19.4 Å². The summed E-state index contributed by atoms with van der Waals surface area (Å²) in [5, 5.41) is 14.5. The molecule has 3 atom stereocenters. The summed E-state index contributed by atoms with van der Waals surface area (Å²) in [6.45, 7) is 4.33. The highest BCUT2D eigenvalue weighted by molar-refractivity contribution is 5.74. The van der Waals surface area contributed by atoms with Crippen LogP contribution in [0.25, 0.3) is 0 Å². The predicted molar refractivity (Wildman–Crippen MR) is 75.6 cm³/mol. The van der Waals surface area contributed by atoms with Crippen LogP contribution in [-0.2, 0) is 4.79 Å². The molecule has 114 valence electrons. The van der Waals surface area contributed by atoms with E-state index in [9.17, 15) is 9.59 Å². The molecule has 0 radical (unpaired) electrons. The highest BCUT2D eigenvalue weighted by atomic mass is 16.4. The first-order valence-electron chi connectivity index (χ1n) is 7.57. The van der Waals surface area contributed by atoms with Gasteiger partial charge in [0.05, 0.1) is 5.92 Å². The summed E-state index contributed by atoms with van der Waals surface area (Å²) in [6.07, 6.45) is 5.03. The second kappa shape index (κ2) is 6.92. The molecule has 20 heavy (non-hydrogen) atoms. The number of nitrogens with one attached hydrogen (secondary N) is 2. The summed E-state index contributed by atoms with van der Waals surface area (Å²) in [4.78, 5) is 25.0. The SMILES string of the molecule is CC(CCNC(=O)NC1CCN2CCCC2C1)C(=O)O. The van der Waals surface area contributed by atoms with Crippen molar-refractivity contribution in [1.29, 1.82) is 0 Å². The van der Waals surface area contributed by atoms with E-state index < -0.39 is 11.9 Å². The molecule has 2 amide bonds. The smallest absolute Gasteiger partial charge is 0.315 e. The van der Waals surface area contributed by atoms with Crippen molar-refractivity contribution in [1.82, 2.24) is 15.5 Å². The number of amides is 2. The number of piperidine rings is 1. The van der Waals surface area contributed by atoms with E-state index in [0.29, 0.717) is 19.0 Å². The Balaban J connectivity index is 1.63. The number of carbonyl (C=O) groups excluding carboxylic acids is 1. The van der Waals surface area contributed by atoms with E-state index in [1.807, 2.05) is 0 Å². The van der Waals surface area contributed by atoms with Crippen LogP contribution >= 0.6 is 0 Å². The van der Waals surface area contributed by atoms with Crippen LogP contribution in [0.15, 0.2) is 0 Å². The zero-order chi connectivity index (χ0) is 14.5. The van der Waals surface area contributed by atoms with Gasteiger partial charge in [-0.2, -0.15) is 0 Å². The molecule has 2 heterocycles. The van der Waals surface area contributed by atoms with Gasteiger partial charge in [0.15, 0.2) is 0 Å². The Morgan fingerprint density at radius 2 is 2.15 bits per heavy atom. The Hall–Kier alpha value is -1.30. The molecule has 6 nitrogen and oxygen atoms in total. The number of carboxylic acid groups (broad SMARTS) is 1. The van der Waals surface area contributed by atoms with Gasteiger partial charge in [-0.15, -0.1) is 0 Å². The van der Waals surface area contributed by atoms with Gasteiger partial charge >= 0.3 is 12.0 Å². The molecule has 0 aromatic heterocycles. The lowest BCUT2D eigenvalue weighted by Gasteiger charge is -2.35. The van der Waals surface area contributed by atoms with Crippen LogP contribution in [0.3, 0.4) is 0 Å². The fraction of sp³-hybridized carbons (Fsp3) is 0.857. The average Bonchev–Trinajstić information content (AvgIpc) is 2.85. The normalized spacial score (nSPS) is 27.6. The summed E-state index contributed by atoms with van der Waals surface area (Å²) >= 11 is 0. The standard InChI is InChI=1S/C14H25N3O3/c1-10(13(18)19)4-6-15-14(20)16-11-5-8-17-7-2-3-12(17)9-11/h10-12H,2-9H2,1H3,(H,18,19)(H2,15,16,20). The van der Waals surface area contributed by atoms with Gasteiger partial charge < -0.3 is 20.6 Å². The predicted octanol–water partition coefficient (Wildman–Crippen LogP) is 1.02. The van der Waals surface area contributed by atoms with Crippen molar-refractivity contribution in [3.8, 4) is 0 Å². The number of urea groups is 1. The number of hydrogen-bond donors (Lipinski definition) is 3. The van der Waals surface area contributed by atoms with E-state index in [2.05, 4.69) is 15.5 Å². The third kappa shape index (κ3) is 4.10. The minimum atomic E-state index is -0.819. The number of hydrogen-bond acceptors (Lipinski definition) is 3. The molecule has 0 aliphatic carbocycles. The maximum atomic E-state index is 11.8. The highest BCUT2D eigenvalue weighted by Crippen LogP contribution is 2.26. The Labute approximate surface area is 119 Å². The van der Waals surface area contributed by atoms with Crippen LogP contribution in [0.1, 0.15) is 39.0 Å². The molecule has 2 aliphatic rings. The Kier molecular flexibility index (Phi) is 5.23. The second-order valence-corrected chi connectivity index (χ2v) is 5.98. The first-order valence-corrected chi connectivity index (χ1v) is 7.57. The van der Waals surface area contributed by atoms with Gasteiger partial charge in [0.1, 0.15) is 0 Å². The van der Waals surface area contributed by atoms with Gasteiger partial charge in [0.2, 0.25) is 0 Å².